The van der Waals surface area contributed by atoms with E-state index in [-0.39, 0.29) is 0 Å². The molecule has 0 radical (unpaired) electrons. The first-order valence-electron chi connectivity index (χ1n) is 7.19. The normalized spacial score (nSPS) is 19.2. The van der Waals surface area contributed by atoms with Crippen LogP contribution in [0.25, 0.3) is 0 Å². The third kappa shape index (κ3) is 9.34. The predicted molar refractivity (Wildman–Crippen MR) is 81.6 cm³/mol. The molecule has 3 nitrogen and oxygen atoms in total. The molecular weight excluding hydrogens is 222 g/mol. The second kappa shape index (κ2) is 9.26. The highest BCUT2D eigenvalue weighted by molar-refractivity contribution is 4.88. The van der Waals surface area contributed by atoms with Gasteiger partial charge in [0.1, 0.15) is 0 Å². The molecule has 0 aromatic heterocycles. The minimum absolute atomic E-state index is 0.421. The van der Waals surface area contributed by atoms with Crippen LogP contribution in [0, 0.1) is 5.41 Å². The molecule has 3 N–H and O–H groups in total. The summed E-state index contributed by atoms with van der Waals surface area (Å²) in [5, 5.41) is 9.15. The monoisotopic (exact) mass is 255 g/mol. The van der Waals surface area contributed by atoms with Crippen molar-refractivity contribution in [2.75, 3.05) is 20.6 Å². The number of rotatable bonds is 5. The van der Waals surface area contributed by atoms with Crippen molar-refractivity contribution < 1.29 is 0 Å². The van der Waals surface area contributed by atoms with Crippen LogP contribution in [0.5, 0.6) is 0 Å². The van der Waals surface area contributed by atoms with Crippen molar-refractivity contribution in [2.24, 2.45) is 5.41 Å². The standard InChI is InChI=1S/C8H16.C7H17N3/c1-8(2)6-4-3-5-7-8;1-6(5-8-3)10-7(2)9-4/h3-7H2,1-2H3;6,8-10H,2,5H2,1,3-4H3/t;6-/m.0/s1. The van der Waals surface area contributed by atoms with E-state index >= 15 is 0 Å². The maximum absolute atomic E-state index is 3.75. The van der Waals surface area contributed by atoms with Crippen molar-refractivity contribution in [1.82, 2.24) is 16.0 Å². The molecule has 0 bridgehead atoms. The average molecular weight is 255 g/mol. The van der Waals surface area contributed by atoms with E-state index in [1.54, 1.807) is 0 Å². The van der Waals surface area contributed by atoms with Gasteiger partial charge in [0, 0.05) is 19.6 Å². The van der Waals surface area contributed by atoms with Gasteiger partial charge in [-0.05, 0) is 32.2 Å². The van der Waals surface area contributed by atoms with E-state index in [4.69, 9.17) is 0 Å². The summed E-state index contributed by atoms with van der Waals surface area (Å²) < 4.78 is 0. The second-order valence-corrected chi connectivity index (χ2v) is 6.06. The van der Waals surface area contributed by atoms with Crippen molar-refractivity contribution >= 4 is 0 Å². The Labute approximate surface area is 114 Å². The van der Waals surface area contributed by atoms with Gasteiger partial charge < -0.3 is 16.0 Å². The van der Waals surface area contributed by atoms with Gasteiger partial charge >= 0.3 is 0 Å². The average Bonchev–Trinajstić information content (AvgIpc) is 2.29. The molecule has 1 aliphatic rings. The van der Waals surface area contributed by atoms with Crippen molar-refractivity contribution in [3.63, 3.8) is 0 Å². The van der Waals surface area contributed by atoms with Crippen molar-refractivity contribution in [2.45, 2.75) is 58.9 Å². The molecule has 1 saturated carbocycles. The smallest absolute Gasteiger partial charge is 0.0912 e. The Morgan fingerprint density at radius 3 is 2.06 bits per heavy atom. The zero-order valence-corrected chi connectivity index (χ0v) is 13.0. The second-order valence-electron chi connectivity index (χ2n) is 6.06. The van der Waals surface area contributed by atoms with Crippen LogP contribution in [0.4, 0.5) is 0 Å². The minimum atomic E-state index is 0.421. The molecule has 0 aliphatic heterocycles. The first-order valence-corrected chi connectivity index (χ1v) is 7.19. The first kappa shape index (κ1) is 17.3. The van der Waals surface area contributed by atoms with Crippen LogP contribution >= 0.6 is 0 Å². The quantitative estimate of drug-likeness (QED) is 0.707. The molecule has 0 saturated heterocycles. The molecule has 1 fully saturated rings. The minimum Gasteiger partial charge on any atom is -0.375 e. The van der Waals surface area contributed by atoms with Gasteiger partial charge in [0.15, 0.2) is 0 Å². The summed E-state index contributed by atoms with van der Waals surface area (Å²) in [4.78, 5) is 0. The molecule has 0 spiro atoms. The Morgan fingerprint density at radius 2 is 1.72 bits per heavy atom. The highest BCUT2D eigenvalue weighted by Gasteiger charge is 2.19. The lowest BCUT2D eigenvalue weighted by Gasteiger charge is -2.28. The topological polar surface area (TPSA) is 36.1 Å². The zero-order valence-electron chi connectivity index (χ0n) is 13.0. The van der Waals surface area contributed by atoms with E-state index in [1.165, 1.54) is 32.1 Å². The van der Waals surface area contributed by atoms with Crippen LogP contribution in [0.15, 0.2) is 12.4 Å². The molecule has 0 heterocycles. The highest BCUT2D eigenvalue weighted by atomic mass is 15.1. The molecule has 18 heavy (non-hydrogen) atoms. The summed E-state index contributed by atoms with van der Waals surface area (Å²) in [6, 6.07) is 0.421. The fourth-order valence-electron chi connectivity index (χ4n) is 2.24. The largest absolute Gasteiger partial charge is 0.375 e. The van der Waals surface area contributed by atoms with Crippen LogP contribution in [0.3, 0.4) is 0 Å². The summed E-state index contributed by atoms with van der Waals surface area (Å²) in [6.07, 6.45) is 7.31. The summed E-state index contributed by atoms with van der Waals surface area (Å²) >= 11 is 0. The van der Waals surface area contributed by atoms with Gasteiger partial charge in [0.05, 0.1) is 5.82 Å². The fourth-order valence-corrected chi connectivity index (χ4v) is 2.24. The van der Waals surface area contributed by atoms with Crippen molar-refractivity contribution in [3.05, 3.63) is 12.4 Å². The molecule has 0 amide bonds. The van der Waals surface area contributed by atoms with Gasteiger partial charge in [0.2, 0.25) is 0 Å². The summed E-state index contributed by atoms with van der Waals surface area (Å²) in [5.41, 5.74) is 0.679. The SMILES string of the molecule is C=C(NC)N[C@@H](C)CNC.CC1(C)CCCCC1. The van der Waals surface area contributed by atoms with E-state index in [2.05, 4.69) is 43.3 Å². The van der Waals surface area contributed by atoms with Crippen LogP contribution in [0.2, 0.25) is 0 Å². The third-order valence-corrected chi connectivity index (χ3v) is 3.44. The van der Waals surface area contributed by atoms with Crippen LogP contribution in [-0.2, 0) is 0 Å². The summed E-state index contributed by atoms with van der Waals surface area (Å²) in [5.74, 6) is 0.864. The Kier molecular flexibility index (Phi) is 8.90. The lowest BCUT2D eigenvalue weighted by atomic mass is 9.78. The van der Waals surface area contributed by atoms with Gasteiger partial charge in [-0.15, -0.1) is 0 Å². The number of hydrogen-bond acceptors (Lipinski definition) is 3. The fraction of sp³-hybridized carbons (Fsp3) is 0.867. The van der Waals surface area contributed by atoms with E-state index < -0.39 is 0 Å². The molecular formula is C15H33N3. The Morgan fingerprint density at radius 1 is 1.17 bits per heavy atom. The van der Waals surface area contributed by atoms with E-state index in [0.29, 0.717) is 11.5 Å². The molecule has 108 valence electrons. The van der Waals surface area contributed by atoms with Gasteiger partial charge in [-0.1, -0.05) is 39.7 Å². The zero-order chi connectivity index (χ0) is 14.0. The molecule has 0 aromatic carbocycles. The number of hydrogen-bond donors (Lipinski definition) is 3. The first-order chi connectivity index (χ1) is 8.41. The molecule has 1 rings (SSSR count). The Hall–Kier alpha value is -0.700. The predicted octanol–water partition coefficient (Wildman–Crippen LogP) is 2.85. The Balaban J connectivity index is 0.000000327. The van der Waals surface area contributed by atoms with E-state index in [9.17, 15) is 0 Å². The van der Waals surface area contributed by atoms with Crippen molar-refractivity contribution in [3.8, 4) is 0 Å². The summed E-state index contributed by atoms with van der Waals surface area (Å²) in [6.45, 7) is 11.5. The molecule has 1 aliphatic carbocycles. The maximum atomic E-state index is 3.75. The Bertz CT molecular complexity index is 216. The maximum Gasteiger partial charge on any atom is 0.0912 e. The molecule has 0 unspecified atom stereocenters. The lowest BCUT2D eigenvalue weighted by Crippen LogP contribution is -2.37. The highest BCUT2D eigenvalue weighted by Crippen LogP contribution is 2.34. The van der Waals surface area contributed by atoms with E-state index in [1.807, 2.05) is 14.1 Å². The van der Waals surface area contributed by atoms with E-state index in [0.717, 1.165) is 12.4 Å². The lowest BCUT2D eigenvalue weighted by molar-refractivity contribution is 0.244. The van der Waals surface area contributed by atoms with Gasteiger partial charge in [-0.2, -0.15) is 0 Å². The van der Waals surface area contributed by atoms with Gasteiger partial charge in [-0.25, -0.2) is 0 Å². The molecule has 0 aromatic rings. The molecule has 1 atom stereocenters. The summed E-state index contributed by atoms with van der Waals surface area (Å²) in [7, 11) is 3.78. The number of likely N-dealkylation sites (N-methyl/N-ethyl adjacent to an activating group) is 1. The third-order valence-electron chi connectivity index (χ3n) is 3.44. The van der Waals surface area contributed by atoms with Crippen LogP contribution in [0.1, 0.15) is 52.9 Å². The van der Waals surface area contributed by atoms with Gasteiger partial charge in [0.25, 0.3) is 0 Å². The van der Waals surface area contributed by atoms with Crippen molar-refractivity contribution in [1.29, 1.82) is 0 Å². The van der Waals surface area contributed by atoms with Crippen LogP contribution < -0.4 is 16.0 Å². The molecule has 3 heteroatoms. The number of nitrogens with one attached hydrogen (secondary N) is 3. The van der Waals surface area contributed by atoms with Crippen LogP contribution in [-0.4, -0.2) is 26.7 Å². The van der Waals surface area contributed by atoms with Gasteiger partial charge in [-0.3, -0.25) is 0 Å².